The number of H-pyrrole nitrogens is 1. The molecule has 7 heteroatoms. The van der Waals surface area contributed by atoms with Crippen LogP contribution in [0.1, 0.15) is 24.1 Å². The Labute approximate surface area is 210 Å². The second-order valence-corrected chi connectivity index (χ2v) is 11.2. The molecule has 1 aromatic heterocycles. The maximum Gasteiger partial charge on any atom is 0.0655 e. The first-order chi connectivity index (χ1) is 16.0. The van der Waals surface area contributed by atoms with Gasteiger partial charge in [0.25, 0.3) is 0 Å². The van der Waals surface area contributed by atoms with Crippen molar-refractivity contribution >= 4 is 56.5 Å². The SMILES string of the molecule is O=S(CCCC1Cc2[nH]c3c(Cl)ccc(-c4ccc(Cl)cc4)c3c2CN1)c1ccc(Cl)cc1. The minimum absolute atomic E-state index is 0.338. The number of aromatic amines is 1. The molecule has 0 amide bonds. The van der Waals surface area contributed by atoms with Gasteiger partial charge in [-0.2, -0.15) is 0 Å². The number of halogens is 3. The van der Waals surface area contributed by atoms with E-state index in [-0.39, 0.29) is 0 Å². The molecule has 0 saturated carbocycles. The van der Waals surface area contributed by atoms with Crippen LogP contribution in [0.4, 0.5) is 0 Å². The molecule has 2 heterocycles. The number of benzene rings is 3. The van der Waals surface area contributed by atoms with Crippen LogP contribution >= 0.6 is 34.8 Å². The van der Waals surface area contributed by atoms with Gasteiger partial charge < -0.3 is 10.3 Å². The zero-order chi connectivity index (χ0) is 22.9. The zero-order valence-corrected chi connectivity index (χ0v) is 20.9. The molecule has 2 N–H and O–H groups in total. The molecule has 0 bridgehead atoms. The average Bonchev–Trinajstić information content (AvgIpc) is 3.20. The van der Waals surface area contributed by atoms with E-state index in [1.165, 1.54) is 16.6 Å². The molecule has 3 nitrogen and oxygen atoms in total. The summed E-state index contributed by atoms with van der Waals surface area (Å²) >= 11 is 18.6. The summed E-state index contributed by atoms with van der Waals surface area (Å²) in [5.41, 5.74) is 5.77. The Morgan fingerprint density at radius 1 is 0.909 bits per heavy atom. The highest BCUT2D eigenvalue weighted by Crippen LogP contribution is 2.38. The van der Waals surface area contributed by atoms with Gasteiger partial charge in [-0.1, -0.05) is 53.0 Å². The first-order valence-corrected chi connectivity index (χ1v) is 13.4. The van der Waals surface area contributed by atoms with Gasteiger partial charge in [0.1, 0.15) is 0 Å². The molecule has 5 rings (SSSR count). The Balaban J connectivity index is 1.32. The van der Waals surface area contributed by atoms with Crippen LogP contribution in [0.3, 0.4) is 0 Å². The lowest BCUT2D eigenvalue weighted by molar-refractivity contribution is 0.447. The van der Waals surface area contributed by atoms with E-state index < -0.39 is 10.8 Å². The average molecular weight is 518 g/mol. The Kier molecular flexibility index (Phi) is 6.82. The number of aromatic nitrogens is 1. The standard InChI is InChI=1S/C26H23Cl3N2OS/c27-17-5-3-16(4-6-17)21-11-12-23(29)26-25(21)22-15-30-19(14-24(22)31-26)2-1-13-33(32)20-9-7-18(28)8-10-20/h3-12,19,30-31H,1-2,13-15H2. The van der Waals surface area contributed by atoms with Crippen LogP contribution in [0.2, 0.25) is 15.1 Å². The molecule has 170 valence electrons. The van der Waals surface area contributed by atoms with E-state index in [2.05, 4.69) is 16.4 Å². The smallest absolute Gasteiger partial charge is 0.0655 e. The second kappa shape index (κ2) is 9.81. The van der Waals surface area contributed by atoms with Crippen LogP contribution < -0.4 is 5.32 Å². The first-order valence-electron chi connectivity index (χ1n) is 10.9. The Morgan fingerprint density at radius 3 is 2.33 bits per heavy atom. The number of hydrogen-bond donors (Lipinski definition) is 2. The molecule has 0 radical (unpaired) electrons. The van der Waals surface area contributed by atoms with E-state index in [0.29, 0.717) is 16.8 Å². The molecule has 0 spiro atoms. The van der Waals surface area contributed by atoms with Gasteiger partial charge in [0.05, 0.1) is 21.3 Å². The summed E-state index contributed by atoms with van der Waals surface area (Å²) in [4.78, 5) is 4.43. The number of hydrogen-bond acceptors (Lipinski definition) is 2. The maximum absolute atomic E-state index is 12.6. The molecule has 1 aliphatic heterocycles. The lowest BCUT2D eigenvalue weighted by Crippen LogP contribution is -2.35. The van der Waals surface area contributed by atoms with Gasteiger partial charge in [-0.15, -0.1) is 0 Å². The number of nitrogens with one attached hydrogen (secondary N) is 2. The number of fused-ring (bicyclic) bond motifs is 3. The highest BCUT2D eigenvalue weighted by Gasteiger charge is 2.24. The van der Waals surface area contributed by atoms with Crippen LogP contribution in [0.15, 0.2) is 65.6 Å². The quantitative estimate of drug-likeness (QED) is 0.280. The van der Waals surface area contributed by atoms with Crippen LogP contribution in [0.5, 0.6) is 0 Å². The second-order valence-electron chi connectivity index (χ2n) is 8.36. The van der Waals surface area contributed by atoms with E-state index in [4.69, 9.17) is 34.8 Å². The molecule has 4 aromatic rings. The molecular weight excluding hydrogens is 495 g/mol. The van der Waals surface area contributed by atoms with Crippen molar-refractivity contribution in [2.24, 2.45) is 0 Å². The summed E-state index contributed by atoms with van der Waals surface area (Å²) in [6.45, 7) is 0.779. The highest BCUT2D eigenvalue weighted by atomic mass is 35.5. The normalized spacial score (nSPS) is 16.6. The lowest BCUT2D eigenvalue weighted by Gasteiger charge is -2.24. The van der Waals surface area contributed by atoms with Crippen molar-refractivity contribution in [3.05, 3.63) is 87.0 Å². The van der Waals surface area contributed by atoms with Crippen molar-refractivity contribution in [1.82, 2.24) is 10.3 Å². The van der Waals surface area contributed by atoms with E-state index in [1.54, 1.807) is 12.1 Å². The minimum atomic E-state index is -1.00. The third kappa shape index (κ3) is 4.87. The van der Waals surface area contributed by atoms with Crippen molar-refractivity contribution < 1.29 is 4.21 Å². The van der Waals surface area contributed by atoms with E-state index in [1.807, 2.05) is 42.5 Å². The monoisotopic (exact) mass is 516 g/mol. The zero-order valence-electron chi connectivity index (χ0n) is 17.8. The highest BCUT2D eigenvalue weighted by molar-refractivity contribution is 7.85. The Hall–Kier alpha value is -1.82. The van der Waals surface area contributed by atoms with Gasteiger partial charge in [0, 0.05) is 50.8 Å². The van der Waals surface area contributed by atoms with Gasteiger partial charge in [-0.3, -0.25) is 4.21 Å². The number of rotatable bonds is 6. The fourth-order valence-electron chi connectivity index (χ4n) is 4.56. The Bertz CT molecular complexity index is 1320. The molecule has 1 aliphatic rings. The molecule has 0 fully saturated rings. The third-order valence-electron chi connectivity index (χ3n) is 6.23. The largest absolute Gasteiger partial charge is 0.357 e. The third-order valence-corrected chi connectivity index (χ3v) is 8.50. The van der Waals surface area contributed by atoms with Gasteiger partial charge in [-0.05, 0) is 72.0 Å². The molecule has 2 atom stereocenters. The molecule has 2 unspecified atom stereocenters. The van der Waals surface area contributed by atoms with E-state index in [9.17, 15) is 4.21 Å². The maximum atomic E-state index is 12.6. The van der Waals surface area contributed by atoms with Gasteiger partial charge in [-0.25, -0.2) is 0 Å². The van der Waals surface area contributed by atoms with Crippen LogP contribution in [-0.4, -0.2) is 21.0 Å². The summed E-state index contributed by atoms with van der Waals surface area (Å²) in [5, 5.41) is 6.97. The van der Waals surface area contributed by atoms with Crippen molar-refractivity contribution in [2.45, 2.75) is 36.7 Å². The first kappa shape index (κ1) is 22.9. The molecule has 0 saturated heterocycles. The summed E-state index contributed by atoms with van der Waals surface area (Å²) in [6, 6.07) is 19.6. The molecule has 3 aromatic carbocycles. The van der Waals surface area contributed by atoms with E-state index in [0.717, 1.165) is 57.4 Å². The summed E-state index contributed by atoms with van der Waals surface area (Å²) in [5.74, 6) is 0.645. The van der Waals surface area contributed by atoms with Crippen LogP contribution in [0.25, 0.3) is 22.0 Å². The van der Waals surface area contributed by atoms with Crippen molar-refractivity contribution in [3.63, 3.8) is 0 Å². The van der Waals surface area contributed by atoms with E-state index >= 15 is 0 Å². The fraction of sp³-hybridized carbons (Fsp3) is 0.231. The molecule has 0 aliphatic carbocycles. The Morgan fingerprint density at radius 2 is 1.61 bits per heavy atom. The van der Waals surface area contributed by atoms with Crippen molar-refractivity contribution in [1.29, 1.82) is 0 Å². The van der Waals surface area contributed by atoms with Crippen molar-refractivity contribution in [3.8, 4) is 11.1 Å². The fourth-order valence-corrected chi connectivity index (χ4v) is 6.12. The van der Waals surface area contributed by atoms with Crippen molar-refractivity contribution in [2.75, 3.05) is 5.75 Å². The van der Waals surface area contributed by atoms with Gasteiger partial charge in [0.2, 0.25) is 0 Å². The summed E-state index contributed by atoms with van der Waals surface area (Å²) < 4.78 is 12.6. The minimum Gasteiger partial charge on any atom is -0.357 e. The molecular formula is C26H23Cl3N2OS. The topological polar surface area (TPSA) is 44.9 Å². The van der Waals surface area contributed by atoms with Crippen LogP contribution in [-0.2, 0) is 23.8 Å². The summed E-state index contributed by atoms with van der Waals surface area (Å²) in [6.07, 6.45) is 2.75. The predicted octanol–water partition coefficient (Wildman–Crippen LogP) is 7.40. The van der Waals surface area contributed by atoms with Gasteiger partial charge in [0.15, 0.2) is 0 Å². The van der Waals surface area contributed by atoms with Gasteiger partial charge >= 0.3 is 0 Å². The summed E-state index contributed by atoms with van der Waals surface area (Å²) in [7, 11) is -1.00. The molecule has 33 heavy (non-hydrogen) atoms. The lowest BCUT2D eigenvalue weighted by atomic mass is 9.94. The predicted molar refractivity (Wildman–Crippen MR) is 140 cm³/mol. The van der Waals surface area contributed by atoms with Crippen LogP contribution in [0, 0.1) is 0 Å².